The Labute approximate surface area is 145 Å². The van der Waals surface area contributed by atoms with E-state index in [1.165, 1.54) is 5.56 Å². The summed E-state index contributed by atoms with van der Waals surface area (Å²) in [7, 11) is 0. The second-order valence-electron chi connectivity index (χ2n) is 5.85. The number of halogens is 2. The predicted octanol–water partition coefficient (Wildman–Crippen LogP) is 2.33. The van der Waals surface area contributed by atoms with Gasteiger partial charge in [0.05, 0.1) is 0 Å². The molecule has 7 heteroatoms. The van der Waals surface area contributed by atoms with Gasteiger partial charge >= 0.3 is 0 Å². The number of hydrogen-bond acceptors (Lipinski definition) is 3. The summed E-state index contributed by atoms with van der Waals surface area (Å²) in [5, 5.41) is 11.3. The molecule has 23 heavy (non-hydrogen) atoms. The summed E-state index contributed by atoms with van der Waals surface area (Å²) in [6.45, 7) is 2.97. The van der Waals surface area contributed by atoms with Gasteiger partial charge in [0.2, 0.25) is 0 Å². The van der Waals surface area contributed by atoms with Gasteiger partial charge in [-0.1, -0.05) is 17.7 Å². The van der Waals surface area contributed by atoms with Crippen molar-refractivity contribution >= 4 is 29.9 Å². The van der Waals surface area contributed by atoms with Crippen LogP contribution in [-0.4, -0.2) is 34.1 Å². The maximum Gasteiger partial charge on any atom is 0.275 e. The molecule has 0 saturated heterocycles. The summed E-state index contributed by atoms with van der Waals surface area (Å²) in [5.41, 5.74) is 5.08. The largest absolute Gasteiger partial charge is 0.333 e. The minimum atomic E-state index is 0. The van der Waals surface area contributed by atoms with Crippen molar-refractivity contribution in [3.8, 4) is 0 Å². The van der Waals surface area contributed by atoms with Crippen molar-refractivity contribution in [2.24, 2.45) is 0 Å². The molecule has 0 radical (unpaired) electrons. The maximum absolute atomic E-state index is 12.8. The van der Waals surface area contributed by atoms with E-state index >= 15 is 0 Å². The van der Waals surface area contributed by atoms with Crippen LogP contribution in [0.4, 0.5) is 0 Å². The summed E-state index contributed by atoms with van der Waals surface area (Å²) < 4.78 is 0. The number of benzene rings is 1. The lowest BCUT2D eigenvalue weighted by atomic mass is 9.99. The van der Waals surface area contributed by atoms with E-state index in [9.17, 15) is 4.79 Å². The first-order valence-corrected chi connectivity index (χ1v) is 7.93. The molecule has 2 N–H and O–H groups in total. The number of fused-ring (bicyclic) bond motifs is 2. The van der Waals surface area contributed by atoms with Crippen molar-refractivity contribution in [2.45, 2.75) is 25.9 Å². The van der Waals surface area contributed by atoms with Crippen molar-refractivity contribution in [1.82, 2.24) is 20.4 Å². The number of aromatic amines is 1. The topological polar surface area (TPSA) is 61.0 Å². The molecule has 3 heterocycles. The number of amides is 1. The second-order valence-corrected chi connectivity index (χ2v) is 6.28. The average molecular weight is 353 g/mol. The second kappa shape index (κ2) is 6.51. The third kappa shape index (κ3) is 2.96. The molecule has 1 aromatic heterocycles. The fourth-order valence-electron chi connectivity index (χ4n) is 3.25. The molecule has 122 valence electrons. The normalized spacial score (nSPS) is 16.3. The van der Waals surface area contributed by atoms with E-state index in [0.717, 1.165) is 47.8 Å². The van der Waals surface area contributed by atoms with Crippen LogP contribution < -0.4 is 5.32 Å². The zero-order chi connectivity index (χ0) is 15.1. The molecule has 2 aliphatic heterocycles. The van der Waals surface area contributed by atoms with E-state index in [1.807, 2.05) is 17.0 Å². The van der Waals surface area contributed by atoms with Crippen LogP contribution >= 0.6 is 24.0 Å². The Balaban J connectivity index is 0.00000156. The Bertz CT molecular complexity index is 744. The highest BCUT2D eigenvalue weighted by atomic mass is 35.5. The first kappa shape index (κ1) is 16.3. The number of nitrogens with one attached hydrogen (secondary N) is 2. The molecule has 0 saturated carbocycles. The van der Waals surface area contributed by atoms with Crippen LogP contribution in [0.5, 0.6) is 0 Å². The van der Waals surface area contributed by atoms with Gasteiger partial charge < -0.3 is 10.2 Å². The predicted molar refractivity (Wildman–Crippen MR) is 91.1 cm³/mol. The van der Waals surface area contributed by atoms with Gasteiger partial charge in [-0.3, -0.25) is 9.89 Å². The fourth-order valence-corrected chi connectivity index (χ4v) is 3.45. The van der Waals surface area contributed by atoms with E-state index in [-0.39, 0.29) is 18.3 Å². The van der Waals surface area contributed by atoms with Crippen molar-refractivity contribution in [1.29, 1.82) is 0 Å². The minimum Gasteiger partial charge on any atom is -0.333 e. The number of aromatic nitrogens is 2. The SMILES string of the molecule is Cl.O=C(c1n[nH]c2c1CNCC2)N1CCc2ccc(Cl)cc2C1. The quantitative estimate of drug-likeness (QED) is 0.827. The van der Waals surface area contributed by atoms with Crippen LogP contribution in [0.1, 0.15) is 32.9 Å². The lowest BCUT2D eigenvalue weighted by Gasteiger charge is -2.29. The lowest BCUT2D eigenvalue weighted by molar-refractivity contribution is 0.0727. The van der Waals surface area contributed by atoms with E-state index in [1.54, 1.807) is 0 Å². The van der Waals surface area contributed by atoms with Gasteiger partial charge in [0.15, 0.2) is 5.69 Å². The maximum atomic E-state index is 12.8. The Morgan fingerprint density at radius 3 is 3.00 bits per heavy atom. The summed E-state index contributed by atoms with van der Waals surface area (Å²) >= 11 is 6.07. The molecule has 2 aromatic rings. The molecule has 0 unspecified atom stereocenters. The van der Waals surface area contributed by atoms with E-state index < -0.39 is 0 Å². The molecule has 4 rings (SSSR count). The zero-order valence-corrected chi connectivity index (χ0v) is 14.1. The smallest absolute Gasteiger partial charge is 0.275 e. The molecule has 0 spiro atoms. The first-order valence-electron chi connectivity index (χ1n) is 7.56. The Kier molecular flexibility index (Phi) is 4.62. The monoisotopic (exact) mass is 352 g/mol. The summed E-state index contributed by atoms with van der Waals surface area (Å²) in [4.78, 5) is 14.7. The molecule has 0 atom stereocenters. The number of H-pyrrole nitrogens is 1. The highest BCUT2D eigenvalue weighted by Crippen LogP contribution is 2.25. The molecule has 1 aromatic carbocycles. The van der Waals surface area contributed by atoms with Gasteiger partial charge in [-0.2, -0.15) is 5.10 Å². The molecule has 2 aliphatic rings. The molecule has 5 nitrogen and oxygen atoms in total. The van der Waals surface area contributed by atoms with Crippen molar-refractivity contribution in [2.75, 3.05) is 13.1 Å². The Morgan fingerprint density at radius 1 is 1.26 bits per heavy atom. The van der Waals surface area contributed by atoms with Gasteiger partial charge in [-0.05, 0) is 29.7 Å². The van der Waals surface area contributed by atoms with Gasteiger partial charge in [0, 0.05) is 48.9 Å². The number of nitrogens with zero attached hydrogens (tertiary/aromatic N) is 2. The molecular weight excluding hydrogens is 335 g/mol. The third-order valence-electron chi connectivity index (χ3n) is 4.48. The number of hydrogen-bond donors (Lipinski definition) is 2. The van der Waals surface area contributed by atoms with Crippen LogP contribution in [0.15, 0.2) is 18.2 Å². The van der Waals surface area contributed by atoms with Crippen LogP contribution in [-0.2, 0) is 25.9 Å². The minimum absolute atomic E-state index is 0. The fraction of sp³-hybridized carbons (Fsp3) is 0.375. The number of rotatable bonds is 1. The van der Waals surface area contributed by atoms with E-state index in [4.69, 9.17) is 11.6 Å². The Morgan fingerprint density at radius 2 is 2.13 bits per heavy atom. The summed E-state index contributed by atoms with van der Waals surface area (Å²) in [5.74, 6) is 0.00632. The average Bonchev–Trinajstić information content (AvgIpc) is 2.97. The highest BCUT2D eigenvalue weighted by Gasteiger charge is 2.27. The van der Waals surface area contributed by atoms with Gasteiger partial charge in [-0.15, -0.1) is 12.4 Å². The van der Waals surface area contributed by atoms with E-state index in [2.05, 4.69) is 21.6 Å². The van der Waals surface area contributed by atoms with Crippen LogP contribution in [0.2, 0.25) is 5.02 Å². The van der Waals surface area contributed by atoms with Crippen LogP contribution in [0.3, 0.4) is 0 Å². The van der Waals surface area contributed by atoms with Crippen LogP contribution in [0, 0.1) is 0 Å². The van der Waals surface area contributed by atoms with Gasteiger partial charge in [0.1, 0.15) is 0 Å². The molecule has 0 fully saturated rings. The van der Waals surface area contributed by atoms with Gasteiger partial charge in [-0.25, -0.2) is 0 Å². The lowest BCUT2D eigenvalue weighted by Crippen LogP contribution is -2.37. The number of carbonyl (C=O) groups excluding carboxylic acids is 1. The zero-order valence-electron chi connectivity index (χ0n) is 12.6. The molecule has 0 bridgehead atoms. The molecule has 0 aliphatic carbocycles. The first-order chi connectivity index (χ1) is 10.7. The summed E-state index contributed by atoms with van der Waals surface area (Å²) in [6.07, 6.45) is 1.76. The highest BCUT2D eigenvalue weighted by molar-refractivity contribution is 6.30. The van der Waals surface area contributed by atoms with Crippen molar-refractivity contribution in [3.05, 3.63) is 51.3 Å². The molecule has 1 amide bonds. The van der Waals surface area contributed by atoms with Crippen molar-refractivity contribution < 1.29 is 4.79 Å². The van der Waals surface area contributed by atoms with E-state index in [0.29, 0.717) is 18.8 Å². The van der Waals surface area contributed by atoms with Crippen molar-refractivity contribution in [3.63, 3.8) is 0 Å². The number of carbonyl (C=O) groups is 1. The molecular formula is C16H18Cl2N4O. The Hall–Kier alpha value is -1.56. The standard InChI is InChI=1S/C16H17ClN4O.ClH/c17-12-2-1-10-4-6-21(9-11(10)7-12)16(22)15-13-8-18-5-3-14(13)19-20-15;/h1-2,7,18H,3-6,8-9H2,(H,19,20);1H. The van der Waals surface area contributed by atoms with Crippen LogP contribution in [0.25, 0.3) is 0 Å². The third-order valence-corrected chi connectivity index (χ3v) is 4.71. The summed E-state index contributed by atoms with van der Waals surface area (Å²) in [6, 6.07) is 5.92. The van der Waals surface area contributed by atoms with Gasteiger partial charge in [0.25, 0.3) is 5.91 Å².